The lowest BCUT2D eigenvalue weighted by Crippen LogP contribution is -2.62. The lowest BCUT2D eigenvalue weighted by Gasteiger charge is -2.48. The van der Waals surface area contributed by atoms with Crippen molar-refractivity contribution in [3.63, 3.8) is 0 Å². The Bertz CT molecular complexity index is 585. The normalized spacial score (nSPS) is 21.1. The van der Waals surface area contributed by atoms with E-state index in [-0.39, 0.29) is 18.1 Å². The Balaban J connectivity index is 1.92. The van der Waals surface area contributed by atoms with E-state index < -0.39 is 0 Å². The van der Waals surface area contributed by atoms with Crippen LogP contribution in [0.25, 0.3) is 0 Å². The molecule has 102 valence electrons. The van der Waals surface area contributed by atoms with Crippen molar-refractivity contribution in [2.75, 3.05) is 7.05 Å². The maximum atomic E-state index is 11.9. The first-order valence-corrected chi connectivity index (χ1v) is 6.68. The van der Waals surface area contributed by atoms with Crippen molar-refractivity contribution < 1.29 is 4.79 Å². The molecular weight excluding hydrogens is 250 g/mol. The number of hydrogen-bond donors (Lipinski definition) is 2. The number of carbonyl (C=O) groups is 1. The highest BCUT2D eigenvalue weighted by molar-refractivity contribution is 5.75. The minimum Gasteiger partial charge on any atom is -0.340 e. The van der Waals surface area contributed by atoms with Crippen LogP contribution < -0.4 is 10.7 Å². The molecule has 0 saturated carbocycles. The summed E-state index contributed by atoms with van der Waals surface area (Å²) in [5.74, 6) is 0. The molecule has 0 aliphatic carbocycles. The monoisotopic (exact) mass is 267 g/mol. The molecule has 0 aromatic heterocycles. The largest absolute Gasteiger partial charge is 0.340 e. The van der Waals surface area contributed by atoms with Crippen LogP contribution in [0.1, 0.15) is 23.2 Å². The molecule has 0 unspecified atom stereocenters. The van der Waals surface area contributed by atoms with Gasteiger partial charge >= 0.3 is 6.03 Å². The summed E-state index contributed by atoms with van der Waals surface area (Å²) in [5, 5.41) is 4.31. The number of hydrogen-bond acceptors (Lipinski definition) is 2. The Kier molecular flexibility index (Phi) is 3.39. The van der Waals surface area contributed by atoms with Crippen molar-refractivity contribution in [2.24, 2.45) is 0 Å². The molecule has 2 aromatic carbocycles. The van der Waals surface area contributed by atoms with Crippen molar-refractivity contribution in [3.05, 3.63) is 71.8 Å². The summed E-state index contributed by atoms with van der Waals surface area (Å²) in [6, 6.07) is 20.3. The van der Waals surface area contributed by atoms with Crippen LogP contribution in [0.4, 0.5) is 4.79 Å². The van der Waals surface area contributed by atoms with Crippen LogP contribution in [-0.2, 0) is 0 Å². The van der Waals surface area contributed by atoms with E-state index in [2.05, 4.69) is 35.0 Å². The lowest BCUT2D eigenvalue weighted by molar-refractivity contribution is 0.00695. The van der Waals surface area contributed by atoms with Gasteiger partial charge in [-0.1, -0.05) is 60.7 Å². The van der Waals surface area contributed by atoms with Gasteiger partial charge < -0.3 is 5.32 Å². The van der Waals surface area contributed by atoms with E-state index in [0.29, 0.717) is 0 Å². The van der Waals surface area contributed by atoms with E-state index in [0.717, 1.165) is 5.56 Å². The Labute approximate surface area is 118 Å². The Morgan fingerprint density at radius 2 is 1.55 bits per heavy atom. The number of rotatable bonds is 2. The second kappa shape index (κ2) is 5.35. The predicted molar refractivity (Wildman–Crippen MR) is 77.8 cm³/mol. The fourth-order valence-corrected chi connectivity index (χ4v) is 2.58. The van der Waals surface area contributed by atoms with E-state index >= 15 is 0 Å². The van der Waals surface area contributed by atoms with Crippen LogP contribution in [-0.4, -0.2) is 18.1 Å². The fourth-order valence-electron chi connectivity index (χ4n) is 2.58. The molecule has 0 spiro atoms. The zero-order chi connectivity index (χ0) is 13.9. The fraction of sp³-hybridized carbons (Fsp3) is 0.188. The SMILES string of the molecule is CNC(=O)N1N[C@H](c2ccccc2)[C@@H]1c1ccccc1. The van der Waals surface area contributed by atoms with Gasteiger partial charge in [0.25, 0.3) is 0 Å². The van der Waals surface area contributed by atoms with Gasteiger partial charge in [0.05, 0.1) is 12.1 Å². The molecule has 4 nitrogen and oxygen atoms in total. The second-order valence-electron chi connectivity index (χ2n) is 4.80. The summed E-state index contributed by atoms with van der Waals surface area (Å²) in [6.07, 6.45) is 0. The zero-order valence-electron chi connectivity index (χ0n) is 11.3. The maximum Gasteiger partial charge on any atom is 0.332 e. The van der Waals surface area contributed by atoms with E-state index in [1.807, 2.05) is 36.4 Å². The van der Waals surface area contributed by atoms with Crippen LogP contribution in [0, 0.1) is 0 Å². The van der Waals surface area contributed by atoms with Crippen LogP contribution >= 0.6 is 0 Å². The summed E-state index contributed by atoms with van der Waals surface area (Å²) in [5.41, 5.74) is 5.53. The third-order valence-electron chi connectivity index (χ3n) is 3.60. The number of amides is 2. The molecule has 0 bridgehead atoms. The van der Waals surface area contributed by atoms with Crippen molar-refractivity contribution in [2.45, 2.75) is 12.1 Å². The van der Waals surface area contributed by atoms with E-state index in [1.54, 1.807) is 12.1 Å². The predicted octanol–water partition coefficient (Wildman–Crippen LogP) is 2.63. The lowest BCUT2D eigenvalue weighted by atomic mass is 9.90. The van der Waals surface area contributed by atoms with Crippen LogP contribution in [0.5, 0.6) is 0 Å². The summed E-state index contributed by atoms with van der Waals surface area (Å²) in [6.45, 7) is 0. The number of benzene rings is 2. The average Bonchev–Trinajstić information content (AvgIpc) is 2.48. The van der Waals surface area contributed by atoms with E-state index in [9.17, 15) is 4.79 Å². The summed E-state index contributed by atoms with van der Waals surface area (Å²) >= 11 is 0. The first-order chi connectivity index (χ1) is 9.81. The first kappa shape index (κ1) is 12.7. The highest BCUT2D eigenvalue weighted by atomic mass is 16.2. The standard InChI is InChI=1S/C16H17N3O/c1-17-16(20)19-15(13-10-6-3-7-11-13)14(18-19)12-8-4-2-5-9-12/h2-11,14-15,18H,1H3,(H,17,20)/t14-,15+/m1/s1. The van der Waals surface area contributed by atoms with E-state index in [1.165, 1.54) is 5.56 Å². The zero-order valence-corrected chi connectivity index (χ0v) is 11.3. The molecule has 20 heavy (non-hydrogen) atoms. The Morgan fingerprint density at radius 3 is 2.10 bits per heavy atom. The number of nitrogens with zero attached hydrogens (tertiary/aromatic N) is 1. The summed E-state index contributed by atoms with van der Waals surface area (Å²) in [7, 11) is 1.64. The van der Waals surface area contributed by atoms with Gasteiger partial charge in [0.1, 0.15) is 0 Å². The third kappa shape index (κ3) is 2.14. The van der Waals surface area contributed by atoms with Crippen LogP contribution in [0.2, 0.25) is 0 Å². The van der Waals surface area contributed by atoms with Crippen LogP contribution in [0.15, 0.2) is 60.7 Å². The van der Waals surface area contributed by atoms with Gasteiger partial charge in [0, 0.05) is 7.05 Å². The molecule has 2 amide bonds. The number of hydrazine groups is 1. The minimum atomic E-state index is -0.119. The van der Waals surface area contributed by atoms with Gasteiger partial charge in [0.2, 0.25) is 0 Å². The number of nitrogens with one attached hydrogen (secondary N) is 2. The molecule has 2 atom stereocenters. The second-order valence-corrected chi connectivity index (χ2v) is 4.80. The molecule has 1 aliphatic heterocycles. The van der Waals surface area contributed by atoms with Crippen molar-refractivity contribution in [1.82, 2.24) is 15.8 Å². The van der Waals surface area contributed by atoms with E-state index in [4.69, 9.17) is 0 Å². The molecule has 1 aliphatic rings. The Hall–Kier alpha value is -2.33. The van der Waals surface area contributed by atoms with Gasteiger partial charge in [-0.3, -0.25) is 0 Å². The molecule has 1 heterocycles. The average molecular weight is 267 g/mol. The minimum absolute atomic E-state index is 0.0125. The topological polar surface area (TPSA) is 44.4 Å². The van der Waals surface area contributed by atoms with Gasteiger partial charge in [-0.2, -0.15) is 0 Å². The van der Waals surface area contributed by atoms with Crippen molar-refractivity contribution in [3.8, 4) is 0 Å². The highest BCUT2D eigenvalue weighted by Gasteiger charge is 2.43. The number of urea groups is 1. The van der Waals surface area contributed by atoms with Crippen molar-refractivity contribution >= 4 is 6.03 Å². The molecule has 4 heteroatoms. The summed E-state index contributed by atoms with van der Waals surface area (Å²) in [4.78, 5) is 11.9. The van der Waals surface area contributed by atoms with Crippen LogP contribution in [0.3, 0.4) is 0 Å². The molecule has 0 radical (unpaired) electrons. The summed E-state index contributed by atoms with van der Waals surface area (Å²) < 4.78 is 0. The molecule has 2 N–H and O–H groups in total. The third-order valence-corrected chi connectivity index (χ3v) is 3.60. The first-order valence-electron chi connectivity index (χ1n) is 6.68. The van der Waals surface area contributed by atoms with Gasteiger partial charge in [0.15, 0.2) is 0 Å². The van der Waals surface area contributed by atoms with Gasteiger partial charge in [-0.05, 0) is 11.1 Å². The quantitative estimate of drug-likeness (QED) is 0.878. The molecule has 1 saturated heterocycles. The van der Waals surface area contributed by atoms with Gasteiger partial charge in [-0.25, -0.2) is 15.2 Å². The highest BCUT2D eigenvalue weighted by Crippen LogP contribution is 2.40. The molecule has 1 fully saturated rings. The van der Waals surface area contributed by atoms with Crippen molar-refractivity contribution in [1.29, 1.82) is 0 Å². The molecule has 2 aromatic rings. The Morgan fingerprint density at radius 1 is 1.00 bits per heavy atom. The maximum absolute atomic E-state index is 11.9. The molecular formula is C16H17N3O. The molecule has 3 rings (SSSR count). The van der Waals surface area contributed by atoms with Gasteiger partial charge in [-0.15, -0.1) is 0 Å². The number of carbonyl (C=O) groups excluding carboxylic acids is 1. The smallest absolute Gasteiger partial charge is 0.332 e.